The van der Waals surface area contributed by atoms with E-state index < -0.39 is 0 Å². The summed E-state index contributed by atoms with van der Waals surface area (Å²) in [7, 11) is 1.63. The zero-order valence-electron chi connectivity index (χ0n) is 15.2. The number of hydrogen-bond donors (Lipinski definition) is 1. The lowest BCUT2D eigenvalue weighted by molar-refractivity contribution is -0.121. The van der Waals surface area contributed by atoms with E-state index in [1.807, 2.05) is 24.3 Å². The molecule has 2 rings (SSSR count). The number of likely N-dealkylation sites (N-methyl/N-ethyl adjacent to an activating group) is 1. The molecule has 1 aromatic heterocycles. The smallest absolute Gasteiger partial charge is 0.220 e. The molecule has 0 aliphatic rings. The maximum Gasteiger partial charge on any atom is 0.220 e. The van der Waals surface area contributed by atoms with Gasteiger partial charge < -0.3 is 19.4 Å². The van der Waals surface area contributed by atoms with E-state index in [2.05, 4.69) is 29.0 Å². The Bertz CT molecular complexity index is 648. The summed E-state index contributed by atoms with van der Waals surface area (Å²) in [6.07, 6.45) is 2.56. The van der Waals surface area contributed by atoms with Gasteiger partial charge in [0.25, 0.3) is 0 Å². The van der Waals surface area contributed by atoms with Crippen molar-refractivity contribution in [2.24, 2.45) is 0 Å². The van der Waals surface area contributed by atoms with E-state index in [1.54, 1.807) is 13.3 Å². The highest BCUT2D eigenvalue weighted by Gasteiger charge is 2.09. The number of amides is 1. The van der Waals surface area contributed by atoms with Gasteiger partial charge in [0.2, 0.25) is 5.91 Å². The van der Waals surface area contributed by atoms with Gasteiger partial charge in [-0.3, -0.25) is 4.79 Å². The maximum atomic E-state index is 11.9. The third-order valence-electron chi connectivity index (χ3n) is 4.14. The van der Waals surface area contributed by atoms with Crippen LogP contribution in [-0.4, -0.2) is 49.1 Å². The molecule has 0 saturated carbocycles. The van der Waals surface area contributed by atoms with Crippen molar-refractivity contribution in [2.75, 3.05) is 33.3 Å². The van der Waals surface area contributed by atoms with Crippen LogP contribution in [0.15, 0.2) is 34.9 Å². The SMILES string of the molecule is CCN(CC)CCNC(=O)CCc1ncc(-c2ccc(OC)cc2)o1. The molecule has 0 atom stereocenters. The van der Waals surface area contributed by atoms with Crippen molar-refractivity contribution in [1.29, 1.82) is 0 Å². The molecule has 0 fully saturated rings. The lowest BCUT2D eigenvalue weighted by Crippen LogP contribution is -2.34. The van der Waals surface area contributed by atoms with Crippen LogP contribution < -0.4 is 10.1 Å². The fourth-order valence-corrected chi connectivity index (χ4v) is 2.52. The Hall–Kier alpha value is -2.34. The van der Waals surface area contributed by atoms with Crippen LogP contribution in [-0.2, 0) is 11.2 Å². The first-order valence-corrected chi connectivity index (χ1v) is 8.74. The van der Waals surface area contributed by atoms with Crippen LogP contribution >= 0.6 is 0 Å². The molecule has 0 unspecified atom stereocenters. The van der Waals surface area contributed by atoms with Gasteiger partial charge in [-0.05, 0) is 37.4 Å². The summed E-state index contributed by atoms with van der Waals surface area (Å²) in [5, 5.41) is 2.94. The van der Waals surface area contributed by atoms with Crippen LogP contribution in [0.25, 0.3) is 11.3 Å². The van der Waals surface area contributed by atoms with Gasteiger partial charge in [0.05, 0.1) is 13.3 Å². The standard InChI is InChI=1S/C19H27N3O3/c1-4-22(5-2)13-12-20-18(23)10-11-19-21-14-17(25-19)15-6-8-16(24-3)9-7-15/h6-9,14H,4-5,10-13H2,1-3H3,(H,20,23). The van der Waals surface area contributed by atoms with Crippen LogP contribution in [0.5, 0.6) is 5.75 Å². The third-order valence-corrected chi connectivity index (χ3v) is 4.14. The molecule has 25 heavy (non-hydrogen) atoms. The second-order valence-electron chi connectivity index (χ2n) is 5.72. The van der Waals surface area contributed by atoms with Crippen molar-refractivity contribution >= 4 is 5.91 Å². The normalized spacial score (nSPS) is 10.9. The van der Waals surface area contributed by atoms with Crippen molar-refractivity contribution < 1.29 is 13.9 Å². The highest BCUT2D eigenvalue weighted by molar-refractivity contribution is 5.76. The van der Waals surface area contributed by atoms with Gasteiger partial charge in [0, 0.05) is 31.5 Å². The number of rotatable bonds is 10. The number of methoxy groups -OCH3 is 1. The van der Waals surface area contributed by atoms with E-state index in [4.69, 9.17) is 9.15 Å². The minimum Gasteiger partial charge on any atom is -0.497 e. The molecule has 6 heteroatoms. The minimum atomic E-state index is 0.0244. The molecule has 1 amide bonds. The second kappa shape index (κ2) is 9.84. The Morgan fingerprint density at radius 2 is 1.96 bits per heavy atom. The molecule has 6 nitrogen and oxygen atoms in total. The summed E-state index contributed by atoms with van der Waals surface area (Å²) in [5.74, 6) is 2.09. The Kier molecular flexibility index (Phi) is 7.47. The van der Waals surface area contributed by atoms with Crippen molar-refractivity contribution in [1.82, 2.24) is 15.2 Å². The number of nitrogens with one attached hydrogen (secondary N) is 1. The summed E-state index contributed by atoms with van der Waals surface area (Å²) in [4.78, 5) is 18.4. The number of ether oxygens (including phenoxy) is 1. The highest BCUT2D eigenvalue weighted by Crippen LogP contribution is 2.23. The highest BCUT2D eigenvalue weighted by atomic mass is 16.5. The van der Waals surface area contributed by atoms with Gasteiger partial charge >= 0.3 is 0 Å². The molecule has 2 aromatic rings. The molecule has 0 radical (unpaired) electrons. The Morgan fingerprint density at radius 3 is 2.60 bits per heavy atom. The first-order valence-electron chi connectivity index (χ1n) is 8.74. The van der Waals surface area contributed by atoms with Crippen LogP contribution in [0, 0.1) is 0 Å². The molecule has 0 saturated heterocycles. The predicted molar refractivity (Wildman–Crippen MR) is 97.6 cm³/mol. The minimum absolute atomic E-state index is 0.0244. The van der Waals surface area contributed by atoms with Crippen molar-refractivity contribution in [3.63, 3.8) is 0 Å². The van der Waals surface area contributed by atoms with E-state index >= 15 is 0 Å². The van der Waals surface area contributed by atoms with Crippen LogP contribution in [0.2, 0.25) is 0 Å². The van der Waals surface area contributed by atoms with Gasteiger partial charge in [-0.15, -0.1) is 0 Å². The summed E-state index contributed by atoms with van der Waals surface area (Å²) >= 11 is 0. The molecule has 1 N–H and O–H groups in total. The number of aromatic nitrogens is 1. The fraction of sp³-hybridized carbons (Fsp3) is 0.474. The molecular weight excluding hydrogens is 318 g/mol. The molecule has 1 aromatic carbocycles. The molecule has 0 bridgehead atoms. The maximum absolute atomic E-state index is 11.9. The molecule has 1 heterocycles. The van der Waals surface area contributed by atoms with Crippen molar-refractivity contribution in [3.05, 3.63) is 36.4 Å². The fourth-order valence-electron chi connectivity index (χ4n) is 2.52. The molecule has 0 aliphatic heterocycles. The number of carbonyl (C=O) groups is 1. The predicted octanol–water partition coefficient (Wildman–Crippen LogP) is 2.74. The third kappa shape index (κ3) is 5.90. The van der Waals surface area contributed by atoms with E-state index in [-0.39, 0.29) is 5.91 Å². The number of hydrogen-bond acceptors (Lipinski definition) is 5. The van der Waals surface area contributed by atoms with E-state index in [0.29, 0.717) is 31.0 Å². The number of aryl methyl sites for hydroxylation is 1. The topological polar surface area (TPSA) is 67.6 Å². The first-order chi connectivity index (χ1) is 12.2. The summed E-state index contributed by atoms with van der Waals surface area (Å²) in [6, 6.07) is 7.59. The zero-order chi connectivity index (χ0) is 18.1. The molecular formula is C19H27N3O3. The lowest BCUT2D eigenvalue weighted by atomic mass is 10.2. The Morgan fingerprint density at radius 1 is 1.24 bits per heavy atom. The van der Waals surface area contributed by atoms with Crippen molar-refractivity contribution in [2.45, 2.75) is 26.7 Å². The van der Waals surface area contributed by atoms with Crippen LogP contribution in [0.3, 0.4) is 0 Å². The van der Waals surface area contributed by atoms with Gasteiger partial charge in [-0.2, -0.15) is 0 Å². The van der Waals surface area contributed by atoms with Gasteiger partial charge in [0.15, 0.2) is 11.7 Å². The van der Waals surface area contributed by atoms with Crippen LogP contribution in [0.1, 0.15) is 26.2 Å². The monoisotopic (exact) mass is 345 g/mol. The quantitative estimate of drug-likeness (QED) is 0.717. The average molecular weight is 345 g/mol. The number of nitrogens with zero attached hydrogens (tertiary/aromatic N) is 2. The Labute approximate surface area is 149 Å². The van der Waals surface area contributed by atoms with E-state index in [1.165, 1.54) is 0 Å². The molecule has 136 valence electrons. The number of oxazole rings is 1. The van der Waals surface area contributed by atoms with Gasteiger partial charge in [-0.1, -0.05) is 13.8 Å². The average Bonchev–Trinajstić information content (AvgIpc) is 3.12. The van der Waals surface area contributed by atoms with E-state index in [9.17, 15) is 4.79 Å². The number of carbonyl (C=O) groups excluding carboxylic acids is 1. The first kappa shape index (κ1) is 19.0. The summed E-state index contributed by atoms with van der Waals surface area (Å²) in [5.41, 5.74) is 0.934. The van der Waals surface area contributed by atoms with Crippen LogP contribution in [0.4, 0.5) is 0 Å². The largest absolute Gasteiger partial charge is 0.497 e. The number of benzene rings is 1. The van der Waals surface area contributed by atoms with Gasteiger partial charge in [0.1, 0.15) is 5.75 Å². The summed E-state index contributed by atoms with van der Waals surface area (Å²) in [6.45, 7) is 7.78. The van der Waals surface area contributed by atoms with Crippen molar-refractivity contribution in [3.8, 4) is 17.1 Å². The molecule has 0 aliphatic carbocycles. The second-order valence-corrected chi connectivity index (χ2v) is 5.72. The molecule has 0 spiro atoms. The Balaban J connectivity index is 1.77. The zero-order valence-corrected chi connectivity index (χ0v) is 15.2. The summed E-state index contributed by atoms with van der Waals surface area (Å²) < 4.78 is 10.9. The van der Waals surface area contributed by atoms with E-state index in [0.717, 1.165) is 30.9 Å². The lowest BCUT2D eigenvalue weighted by Gasteiger charge is -2.17. The van der Waals surface area contributed by atoms with Gasteiger partial charge in [-0.25, -0.2) is 4.98 Å².